The van der Waals surface area contributed by atoms with Crippen molar-refractivity contribution in [3.8, 4) is 6.07 Å². The van der Waals surface area contributed by atoms with Gasteiger partial charge in [-0.3, -0.25) is 19.7 Å². The van der Waals surface area contributed by atoms with E-state index in [0.717, 1.165) is 57.8 Å². The molecular formula is C46H72ClN5O7. The molecule has 4 saturated carbocycles. The summed E-state index contributed by atoms with van der Waals surface area (Å²) in [6, 6.07) is 0.591. The normalized spacial score (nSPS) is 32.5. The smallest absolute Gasteiger partial charge is 0.411 e. The van der Waals surface area contributed by atoms with Gasteiger partial charge in [-0.15, -0.1) is 11.6 Å². The highest BCUT2D eigenvalue weighted by molar-refractivity contribution is 6.21. The number of nitriles is 1. The van der Waals surface area contributed by atoms with Crippen LogP contribution in [0.2, 0.25) is 0 Å². The molecule has 0 bridgehead atoms. The quantitative estimate of drug-likeness (QED) is 0.0630. The van der Waals surface area contributed by atoms with Gasteiger partial charge in [-0.05, 0) is 80.0 Å². The highest BCUT2D eigenvalue weighted by Gasteiger charge is 2.52. The number of allylic oxidation sites excluding steroid dienone is 1. The first kappa shape index (κ1) is 46.9. The fourth-order valence-corrected chi connectivity index (χ4v) is 10.7. The lowest BCUT2D eigenvalue weighted by Gasteiger charge is -2.48. The molecule has 4 fully saturated rings. The Hall–Kier alpha value is -3.20. The molecule has 4 aliphatic carbocycles. The molecule has 5 aliphatic rings. The molecule has 1 heterocycles. The molecule has 0 spiro atoms. The Bertz CT molecular complexity index is 1660. The predicted octanol–water partition coefficient (Wildman–Crippen LogP) is 9.59. The van der Waals surface area contributed by atoms with Gasteiger partial charge in [-0.2, -0.15) is 5.26 Å². The summed E-state index contributed by atoms with van der Waals surface area (Å²) < 4.78 is 12.7. The number of fused-ring (bicyclic) bond motifs is 1. The fraction of sp³-hybridized carbons (Fsp3) is 0.848. The van der Waals surface area contributed by atoms with Gasteiger partial charge in [0.05, 0.1) is 17.5 Å². The molecule has 0 aromatic carbocycles. The second-order valence-corrected chi connectivity index (χ2v) is 21.5. The van der Waals surface area contributed by atoms with Gasteiger partial charge in [0.15, 0.2) is 5.78 Å². The second kappa shape index (κ2) is 18.8. The summed E-state index contributed by atoms with van der Waals surface area (Å²) in [4.78, 5) is 60.1. The van der Waals surface area contributed by atoms with Gasteiger partial charge >= 0.3 is 6.09 Å². The second-order valence-electron chi connectivity index (χ2n) is 21.0. The Balaban J connectivity index is 1.33. The van der Waals surface area contributed by atoms with Crippen LogP contribution in [0.4, 0.5) is 4.79 Å². The number of halogens is 1. The van der Waals surface area contributed by atoms with Gasteiger partial charge in [0.25, 0.3) is 5.91 Å². The Morgan fingerprint density at radius 3 is 2.22 bits per heavy atom. The van der Waals surface area contributed by atoms with Crippen LogP contribution in [0.15, 0.2) is 16.6 Å². The number of ketones is 1. The SMILES string of the molecule is CCC(C)(C)C1CC2N=C(/C(C#N)=C/C3CCC(N(C(=O)OC(C(=O)NC4CC([N+](=O)[O-])CCC4Cl)C(=O)C(C)(C)C)C4CCCC4)CC3C)OC2C(C(C)(C)CC)C1. The lowest BCUT2D eigenvalue weighted by atomic mass is 9.59. The van der Waals surface area contributed by atoms with Crippen LogP contribution in [0.25, 0.3) is 0 Å². The van der Waals surface area contributed by atoms with Crippen LogP contribution in [-0.4, -0.2) is 81.3 Å². The number of nitrogens with zero attached hydrogens (tertiary/aromatic N) is 4. The summed E-state index contributed by atoms with van der Waals surface area (Å²) in [5.74, 6) is 0.126. The van der Waals surface area contributed by atoms with Crippen molar-refractivity contribution in [2.24, 2.45) is 44.9 Å². The van der Waals surface area contributed by atoms with Crippen LogP contribution in [0, 0.1) is 61.4 Å². The number of rotatable bonds is 13. The summed E-state index contributed by atoms with van der Waals surface area (Å²) >= 11 is 6.53. The number of hydrogen-bond donors (Lipinski definition) is 1. The summed E-state index contributed by atoms with van der Waals surface area (Å²) in [7, 11) is 0. The van der Waals surface area contributed by atoms with Crippen molar-refractivity contribution >= 4 is 35.3 Å². The van der Waals surface area contributed by atoms with E-state index in [-0.39, 0.29) is 58.2 Å². The van der Waals surface area contributed by atoms with Crippen molar-refractivity contribution in [1.82, 2.24) is 10.2 Å². The fourth-order valence-electron chi connectivity index (χ4n) is 10.4. The molecule has 11 atom stereocenters. The minimum Gasteiger partial charge on any atom is -0.471 e. The third-order valence-electron chi connectivity index (χ3n) is 15.4. The van der Waals surface area contributed by atoms with Crippen molar-refractivity contribution < 1.29 is 28.8 Å². The average molecular weight is 843 g/mol. The number of Topliss-reactive ketones (excluding diaryl/α,β-unsaturated/α-hetero) is 1. The molecule has 0 aromatic rings. The minimum atomic E-state index is -1.73. The maximum atomic E-state index is 14.4. The molecule has 2 amide bonds. The number of nitrogens with one attached hydrogen (secondary N) is 1. The van der Waals surface area contributed by atoms with Crippen molar-refractivity contribution in [1.29, 1.82) is 5.26 Å². The maximum Gasteiger partial charge on any atom is 0.411 e. The molecule has 0 saturated heterocycles. The molecule has 0 aromatic heterocycles. The van der Waals surface area contributed by atoms with E-state index in [4.69, 9.17) is 26.1 Å². The number of alkyl halides is 1. The van der Waals surface area contributed by atoms with Crippen LogP contribution in [0.3, 0.4) is 0 Å². The molecule has 5 rings (SSSR count). The first-order valence-corrected chi connectivity index (χ1v) is 23.0. The zero-order valence-corrected chi connectivity index (χ0v) is 38.2. The van der Waals surface area contributed by atoms with Gasteiger partial charge in [-0.1, -0.05) is 101 Å². The van der Waals surface area contributed by atoms with Gasteiger partial charge < -0.3 is 19.7 Å². The molecule has 59 heavy (non-hydrogen) atoms. The summed E-state index contributed by atoms with van der Waals surface area (Å²) in [5.41, 5.74) is -0.270. The number of aliphatic imine (C=N–C) groups is 1. The van der Waals surface area contributed by atoms with Crippen molar-refractivity contribution in [3.63, 3.8) is 0 Å². The molecule has 11 unspecified atom stereocenters. The van der Waals surface area contributed by atoms with E-state index in [9.17, 15) is 29.8 Å². The van der Waals surface area contributed by atoms with Gasteiger partial charge in [0.2, 0.25) is 18.0 Å². The number of carbonyl (C=O) groups excluding carboxylic acids is 3. The Kier molecular flexibility index (Phi) is 14.9. The number of carbonyl (C=O) groups is 3. The van der Waals surface area contributed by atoms with E-state index in [1.807, 2.05) is 6.08 Å². The molecule has 1 N–H and O–H groups in total. The van der Waals surface area contributed by atoms with E-state index in [2.05, 4.69) is 59.9 Å². The highest BCUT2D eigenvalue weighted by Crippen LogP contribution is 2.52. The monoisotopic (exact) mass is 842 g/mol. The number of hydrogen-bond acceptors (Lipinski definition) is 9. The topological polar surface area (TPSA) is 164 Å². The number of amides is 2. The average Bonchev–Trinajstić information content (AvgIpc) is 3.87. The number of nitro groups is 1. The molecule has 13 heteroatoms. The van der Waals surface area contributed by atoms with Crippen LogP contribution >= 0.6 is 11.6 Å². The Morgan fingerprint density at radius 1 is 0.983 bits per heavy atom. The van der Waals surface area contributed by atoms with Crippen LogP contribution in [-0.2, 0) is 19.1 Å². The zero-order chi connectivity index (χ0) is 43.6. The molecule has 330 valence electrons. The zero-order valence-electron chi connectivity index (χ0n) is 37.4. The van der Waals surface area contributed by atoms with E-state index >= 15 is 0 Å². The van der Waals surface area contributed by atoms with E-state index in [0.29, 0.717) is 49.0 Å². The first-order valence-electron chi connectivity index (χ1n) is 22.6. The van der Waals surface area contributed by atoms with Crippen LogP contribution in [0.5, 0.6) is 0 Å². The van der Waals surface area contributed by atoms with Crippen LogP contribution < -0.4 is 5.32 Å². The van der Waals surface area contributed by atoms with Gasteiger partial charge in [-0.25, -0.2) is 9.79 Å². The molecular weight excluding hydrogens is 770 g/mol. The lowest BCUT2D eigenvalue weighted by Crippen LogP contribution is -2.56. The van der Waals surface area contributed by atoms with Crippen LogP contribution in [0.1, 0.15) is 159 Å². The first-order chi connectivity index (χ1) is 27.6. The van der Waals surface area contributed by atoms with Gasteiger partial charge in [0.1, 0.15) is 17.7 Å². The molecule has 12 nitrogen and oxygen atoms in total. The Morgan fingerprint density at radius 2 is 1.64 bits per heavy atom. The summed E-state index contributed by atoms with van der Waals surface area (Å²) in [6.45, 7) is 21.1. The Labute approximate surface area is 358 Å². The summed E-state index contributed by atoms with van der Waals surface area (Å²) in [5, 5.41) is 24.3. The third-order valence-corrected chi connectivity index (χ3v) is 15.9. The molecule has 1 aliphatic heterocycles. The third kappa shape index (κ3) is 10.6. The van der Waals surface area contributed by atoms with Crippen molar-refractivity contribution in [2.45, 2.75) is 207 Å². The van der Waals surface area contributed by atoms with E-state index < -0.39 is 46.8 Å². The maximum absolute atomic E-state index is 14.4. The minimum absolute atomic E-state index is 0.0226. The predicted molar refractivity (Wildman–Crippen MR) is 229 cm³/mol. The van der Waals surface area contributed by atoms with Crippen molar-refractivity contribution in [2.75, 3.05) is 0 Å². The number of ether oxygens (including phenoxy) is 2. The van der Waals surface area contributed by atoms with Crippen molar-refractivity contribution in [3.05, 3.63) is 21.8 Å². The molecule has 0 radical (unpaired) electrons. The highest BCUT2D eigenvalue weighted by atomic mass is 35.5. The largest absolute Gasteiger partial charge is 0.471 e. The van der Waals surface area contributed by atoms with Gasteiger partial charge in [0, 0.05) is 41.2 Å². The summed E-state index contributed by atoms with van der Waals surface area (Å²) in [6.07, 6.45) is 10.0. The van der Waals surface area contributed by atoms with E-state index in [1.165, 1.54) is 0 Å². The lowest BCUT2D eigenvalue weighted by molar-refractivity contribution is -0.526. The van der Waals surface area contributed by atoms with E-state index in [1.54, 1.807) is 25.7 Å². The standard InChI is InChI=1S/C46H72ClN5O7/c1-11-45(7,8)30-23-34(46(9,10)12-2)38-37(24-30)50-42(58-38)29(26-48)22-28-17-18-32(21-27(28)3)51(31-15-13-14-16-31)43(55)59-39(40(53)44(4,5)6)41(54)49-36-25-33(52(56)57)19-20-35(36)47/h22,27-28,30-39H,11-21,23-25H2,1-10H3,(H,49,54)/b29-22+.